The number of nitrogens with zero attached hydrogens (tertiary/aromatic N) is 3. The molecule has 0 saturated carbocycles. The van der Waals surface area contributed by atoms with Crippen LogP contribution in [-0.2, 0) is 4.79 Å². The van der Waals surface area contributed by atoms with Gasteiger partial charge < -0.3 is 10.0 Å². The number of amides is 1. The van der Waals surface area contributed by atoms with Crippen molar-refractivity contribution in [3.63, 3.8) is 0 Å². The minimum atomic E-state index is -0.640. The molecule has 20 heavy (non-hydrogen) atoms. The SMILES string of the molecule is CN1CCCN(CC(O)c2ccc(C#N)cc2)CC1=O. The van der Waals surface area contributed by atoms with Crippen molar-refractivity contribution in [3.8, 4) is 6.07 Å². The molecule has 5 nitrogen and oxygen atoms in total. The van der Waals surface area contributed by atoms with E-state index in [-0.39, 0.29) is 5.91 Å². The Labute approximate surface area is 119 Å². The molecule has 0 spiro atoms. The normalized spacial score (nSPS) is 18.4. The Morgan fingerprint density at radius 2 is 2.05 bits per heavy atom. The van der Waals surface area contributed by atoms with Gasteiger partial charge in [0.15, 0.2) is 0 Å². The summed E-state index contributed by atoms with van der Waals surface area (Å²) in [4.78, 5) is 15.5. The topological polar surface area (TPSA) is 67.6 Å². The van der Waals surface area contributed by atoms with E-state index < -0.39 is 6.10 Å². The van der Waals surface area contributed by atoms with Gasteiger partial charge in [0.25, 0.3) is 0 Å². The maximum atomic E-state index is 11.8. The van der Waals surface area contributed by atoms with Crippen molar-refractivity contribution in [2.75, 3.05) is 33.2 Å². The molecule has 1 saturated heterocycles. The lowest BCUT2D eigenvalue weighted by Gasteiger charge is -2.22. The summed E-state index contributed by atoms with van der Waals surface area (Å²) in [7, 11) is 1.81. The van der Waals surface area contributed by atoms with E-state index in [1.54, 1.807) is 29.2 Å². The molecule has 1 aliphatic heterocycles. The third-order valence-corrected chi connectivity index (χ3v) is 3.61. The molecule has 0 aliphatic carbocycles. The smallest absolute Gasteiger partial charge is 0.236 e. The molecule has 1 amide bonds. The number of hydrogen-bond acceptors (Lipinski definition) is 4. The van der Waals surface area contributed by atoms with Gasteiger partial charge in [0.1, 0.15) is 0 Å². The van der Waals surface area contributed by atoms with Gasteiger partial charge in [0.05, 0.1) is 24.3 Å². The quantitative estimate of drug-likeness (QED) is 0.882. The molecule has 0 radical (unpaired) electrons. The van der Waals surface area contributed by atoms with Gasteiger partial charge in [0, 0.05) is 26.7 Å². The van der Waals surface area contributed by atoms with Gasteiger partial charge >= 0.3 is 0 Å². The van der Waals surface area contributed by atoms with Crippen molar-refractivity contribution in [2.24, 2.45) is 0 Å². The minimum Gasteiger partial charge on any atom is -0.387 e. The Bertz CT molecular complexity index is 507. The number of likely N-dealkylation sites (N-methyl/N-ethyl adjacent to an activating group) is 1. The van der Waals surface area contributed by atoms with E-state index in [9.17, 15) is 9.90 Å². The van der Waals surface area contributed by atoms with Crippen molar-refractivity contribution in [1.29, 1.82) is 5.26 Å². The van der Waals surface area contributed by atoms with Crippen molar-refractivity contribution in [3.05, 3.63) is 35.4 Å². The van der Waals surface area contributed by atoms with Crippen LogP contribution in [0.15, 0.2) is 24.3 Å². The molecular formula is C15H19N3O2. The molecular weight excluding hydrogens is 254 g/mol. The fourth-order valence-corrected chi connectivity index (χ4v) is 2.33. The Morgan fingerprint density at radius 3 is 2.70 bits per heavy atom. The fraction of sp³-hybridized carbons (Fsp3) is 0.467. The lowest BCUT2D eigenvalue weighted by atomic mass is 10.1. The lowest BCUT2D eigenvalue weighted by Crippen LogP contribution is -2.36. The second-order valence-corrected chi connectivity index (χ2v) is 5.15. The van der Waals surface area contributed by atoms with Crippen LogP contribution in [0.5, 0.6) is 0 Å². The van der Waals surface area contributed by atoms with Crippen LogP contribution in [0.2, 0.25) is 0 Å². The van der Waals surface area contributed by atoms with Crippen LogP contribution in [0.4, 0.5) is 0 Å². The number of carbonyl (C=O) groups is 1. The molecule has 0 aromatic heterocycles. The Balaban J connectivity index is 1.97. The highest BCUT2D eigenvalue weighted by molar-refractivity contribution is 5.78. The summed E-state index contributed by atoms with van der Waals surface area (Å²) in [6.45, 7) is 2.36. The fourth-order valence-electron chi connectivity index (χ4n) is 2.33. The molecule has 1 atom stereocenters. The van der Waals surface area contributed by atoms with Crippen molar-refractivity contribution in [2.45, 2.75) is 12.5 Å². The molecule has 5 heteroatoms. The van der Waals surface area contributed by atoms with E-state index >= 15 is 0 Å². The zero-order valence-electron chi connectivity index (χ0n) is 11.6. The maximum absolute atomic E-state index is 11.8. The van der Waals surface area contributed by atoms with Gasteiger partial charge in [0.2, 0.25) is 5.91 Å². The van der Waals surface area contributed by atoms with Crippen molar-refractivity contribution < 1.29 is 9.90 Å². The van der Waals surface area contributed by atoms with E-state index in [1.165, 1.54) is 0 Å². The molecule has 106 valence electrons. The van der Waals surface area contributed by atoms with E-state index in [0.29, 0.717) is 18.7 Å². The molecule has 1 heterocycles. The highest BCUT2D eigenvalue weighted by atomic mass is 16.3. The molecule has 1 aromatic carbocycles. The first-order valence-corrected chi connectivity index (χ1v) is 6.74. The largest absolute Gasteiger partial charge is 0.387 e. The number of nitriles is 1. The standard InChI is InChI=1S/C15H19N3O2/c1-17-7-2-8-18(11-15(17)20)10-14(19)13-5-3-12(9-16)4-6-13/h3-6,14,19H,2,7-8,10-11H2,1H3. The zero-order chi connectivity index (χ0) is 14.5. The average molecular weight is 273 g/mol. The lowest BCUT2D eigenvalue weighted by molar-refractivity contribution is -0.130. The predicted molar refractivity (Wildman–Crippen MR) is 74.8 cm³/mol. The van der Waals surface area contributed by atoms with E-state index in [0.717, 1.165) is 25.1 Å². The molecule has 1 N–H and O–H groups in total. The predicted octanol–water partition coefficient (Wildman–Crippen LogP) is 0.756. The third kappa shape index (κ3) is 3.56. The highest BCUT2D eigenvalue weighted by Crippen LogP contribution is 2.16. The Hall–Kier alpha value is -1.90. The van der Waals surface area contributed by atoms with Crippen LogP contribution in [-0.4, -0.2) is 54.0 Å². The summed E-state index contributed by atoms with van der Waals surface area (Å²) in [6, 6.07) is 8.96. The number of benzene rings is 1. The first-order valence-electron chi connectivity index (χ1n) is 6.74. The minimum absolute atomic E-state index is 0.0922. The van der Waals surface area contributed by atoms with Crippen LogP contribution in [0.1, 0.15) is 23.7 Å². The Morgan fingerprint density at radius 1 is 1.35 bits per heavy atom. The summed E-state index contributed by atoms with van der Waals surface area (Å²) >= 11 is 0. The van der Waals surface area contributed by atoms with E-state index in [2.05, 4.69) is 6.07 Å². The van der Waals surface area contributed by atoms with Gasteiger partial charge in [-0.2, -0.15) is 5.26 Å². The molecule has 0 bridgehead atoms. The number of aliphatic hydroxyl groups excluding tert-OH is 1. The first-order chi connectivity index (χ1) is 9.60. The van der Waals surface area contributed by atoms with Gasteiger partial charge in [-0.25, -0.2) is 0 Å². The van der Waals surface area contributed by atoms with Gasteiger partial charge in [-0.05, 0) is 24.1 Å². The van der Waals surface area contributed by atoms with Gasteiger partial charge in [-0.3, -0.25) is 9.69 Å². The van der Waals surface area contributed by atoms with E-state index in [1.807, 2.05) is 11.9 Å². The third-order valence-electron chi connectivity index (χ3n) is 3.61. The van der Waals surface area contributed by atoms with Crippen LogP contribution in [0.25, 0.3) is 0 Å². The summed E-state index contributed by atoms with van der Waals surface area (Å²) < 4.78 is 0. The van der Waals surface area contributed by atoms with Crippen LogP contribution in [0.3, 0.4) is 0 Å². The first kappa shape index (κ1) is 14.5. The van der Waals surface area contributed by atoms with Crippen LogP contribution < -0.4 is 0 Å². The molecule has 1 aromatic rings. The monoisotopic (exact) mass is 273 g/mol. The molecule has 2 rings (SSSR count). The molecule has 1 fully saturated rings. The number of β-amino-alcohol motifs (C(OH)–C–C–N with tert-alkyl or cyclic N) is 1. The number of rotatable bonds is 3. The molecule has 1 unspecified atom stereocenters. The zero-order valence-corrected chi connectivity index (χ0v) is 11.6. The average Bonchev–Trinajstić information content (AvgIpc) is 2.61. The number of aliphatic hydroxyl groups is 1. The van der Waals surface area contributed by atoms with Crippen LogP contribution >= 0.6 is 0 Å². The number of carbonyl (C=O) groups excluding carboxylic acids is 1. The highest BCUT2D eigenvalue weighted by Gasteiger charge is 2.21. The second-order valence-electron chi connectivity index (χ2n) is 5.15. The summed E-state index contributed by atoms with van der Waals surface area (Å²) in [5, 5.41) is 19.0. The van der Waals surface area contributed by atoms with Crippen molar-refractivity contribution >= 4 is 5.91 Å². The summed E-state index contributed by atoms with van der Waals surface area (Å²) in [6.07, 6.45) is 0.279. The van der Waals surface area contributed by atoms with Crippen LogP contribution in [0, 0.1) is 11.3 Å². The van der Waals surface area contributed by atoms with Gasteiger partial charge in [-0.15, -0.1) is 0 Å². The molecule has 1 aliphatic rings. The maximum Gasteiger partial charge on any atom is 0.236 e. The van der Waals surface area contributed by atoms with Crippen molar-refractivity contribution in [1.82, 2.24) is 9.80 Å². The Kier molecular flexibility index (Phi) is 4.72. The van der Waals surface area contributed by atoms with E-state index in [4.69, 9.17) is 5.26 Å². The summed E-state index contributed by atoms with van der Waals surface area (Å²) in [5.74, 6) is 0.0922. The number of hydrogen-bond donors (Lipinski definition) is 1. The van der Waals surface area contributed by atoms with Gasteiger partial charge in [-0.1, -0.05) is 12.1 Å². The second kappa shape index (κ2) is 6.51. The summed E-state index contributed by atoms with van der Waals surface area (Å²) in [5.41, 5.74) is 1.35.